The first-order chi connectivity index (χ1) is 7.72. The van der Waals surface area contributed by atoms with E-state index in [2.05, 4.69) is 43.7 Å². The number of halogens is 1. The minimum atomic E-state index is 0.789. The average Bonchev–Trinajstić information content (AvgIpc) is 2.56. The molecule has 1 N–H and O–H groups in total. The SMILES string of the molecule is C/C=C/CCn1c(=S)[nH]c2ccc(Br)cc21. The van der Waals surface area contributed by atoms with Crippen molar-refractivity contribution >= 4 is 39.2 Å². The number of hydrogen-bond donors (Lipinski definition) is 1. The van der Waals surface area contributed by atoms with Gasteiger partial charge in [-0.15, -0.1) is 0 Å². The summed E-state index contributed by atoms with van der Waals surface area (Å²) in [6.07, 6.45) is 5.22. The highest BCUT2D eigenvalue weighted by Gasteiger charge is 2.03. The zero-order chi connectivity index (χ0) is 11.5. The van der Waals surface area contributed by atoms with E-state index in [1.807, 2.05) is 19.1 Å². The molecule has 4 heteroatoms. The van der Waals surface area contributed by atoms with Crippen LogP contribution in [-0.2, 0) is 6.54 Å². The van der Waals surface area contributed by atoms with Gasteiger partial charge in [0.1, 0.15) is 0 Å². The largest absolute Gasteiger partial charge is 0.331 e. The van der Waals surface area contributed by atoms with Crippen LogP contribution in [0.3, 0.4) is 0 Å². The molecule has 1 aromatic carbocycles. The summed E-state index contributed by atoms with van der Waals surface area (Å²) in [5, 5.41) is 0. The molecule has 0 aliphatic heterocycles. The van der Waals surface area contributed by atoms with Crippen molar-refractivity contribution in [1.29, 1.82) is 0 Å². The van der Waals surface area contributed by atoms with Crippen LogP contribution < -0.4 is 0 Å². The van der Waals surface area contributed by atoms with Gasteiger partial charge < -0.3 is 9.55 Å². The molecule has 16 heavy (non-hydrogen) atoms. The minimum Gasteiger partial charge on any atom is -0.331 e. The Bertz CT molecular complexity index is 580. The molecule has 0 fully saturated rings. The van der Waals surface area contributed by atoms with Crippen molar-refractivity contribution in [3.05, 3.63) is 39.6 Å². The Balaban J connectivity index is 2.46. The highest BCUT2D eigenvalue weighted by Crippen LogP contribution is 2.20. The van der Waals surface area contributed by atoms with Crippen LogP contribution in [0.1, 0.15) is 13.3 Å². The lowest BCUT2D eigenvalue weighted by atomic mass is 10.3. The van der Waals surface area contributed by atoms with E-state index in [0.717, 1.165) is 33.2 Å². The number of fused-ring (bicyclic) bond motifs is 1. The van der Waals surface area contributed by atoms with E-state index in [1.165, 1.54) is 0 Å². The third-order valence-electron chi connectivity index (χ3n) is 2.49. The zero-order valence-electron chi connectivity index (χ0n) is 9.03. The Hall–Kier alpha value is -0.870. The van der Waals surface area contributed by atoms with Crippen molar-refractivity contribution < 1.29 is 0 Å². The van der Waals surface area contributed by atoms with Crippen LogP contribution in [-0.4, -0.2) is 9.55 Å². The minimum absolute atomic E-state index is 0.789. The first-order valence-electron chi connectivity index (χ1n) is 5.21. The van der Waals surface area contributed by atoms with Crippen LogP contribution in [0.5, 0.6) is 0 Å². The molecule has 0 radical (unpaired) electrons. The standard InChI is InChI=1S/C12H13BrN2S/c1-2-3-4-7-15-11-8-9(13)5-6-10(11)14-12(15)16/h2-3,5-6,8H,4,7H2,1H3,(H,14,16)/b3-2+. The number of nitrogens with one attached hydrogen (secondary N) is 1. The molecular weight excluding hydrogens is 284 g/mol. The van der Waals surface area contributed by atoms with Gasteiger partial charge in [-0.05, 0) is 43.8 Å². The van der Waals surface area contributed by atoms with E-state index in [4.69, 9.17) is 12.2 Å². The fourth-order valence-corrected chi connectivity index (χ4v) is 2.37. The summed E-state index contributed by atoms with van der Waals surface area (Å²) >= 11 is 8.80. The number of imidazole rings is 1. The number of aryl methyl sites for hydroxylation is 1. The van der Waals surface area contributed by atoms with Crippen molar-refractivity contribution in [3.8, 4) is 0 Å². The molecule has 2 nitrogen and oxygen atoms in total. The van der Waals surface area contributed by atoms with Crippen molar-refractivity contribution in [2.75, 3.05) is 0 Å². The zero-order valence-corrected chi connectivity index (χ0v) is 11.4. The number of nitrogens with zero attached hydrogens (tertiary/aromatic N) is 1. The Labute approximate surface area is 108 Å². The van der Waals surface area contributed by atoms with Gasteiger partial charge in [0.05, 0.1) is 11.0 Å². The van der Waals surface area contributed by atoms with E-state index in [0.29, 0.717) is 0 Å². The number of aromatic nitrogens is 2. The van der Waals surface area contributed by atoms with E-state index in [1.54, 1.807) is 0 Å². The maximum atomic E-state index is 5.31. The highest BCUT2D eigenvalue weighted by atomic mass is 79.9. The molecule has 0 spiro atoms. The molecule has 84 valence electrons. The van der Waals surface area contributed by atoms with E-state index >= 15 is 0 Å². The molecule has 0 saturated carbocycles. The Kier molecular flexibility index (Phi) is 3.61. The van der Waals surface area contributed by atoms with Crippen LogP contribution in [0.25, 0.3) is 11.0 Å². The second-order valence-corrected chi connectivity index (χ2v) is 4.90. The van der Waals surface area contributed by atoms with Gasteiger partial charge >= 0.3 is 0 Å². The molecule has 0 aliphatic rings. The first-order valence-corrected chi connectivity index (χ1v) is 6.41. The third-order valence-corrected chi connectivity index (χ3v) is 3.31. The predicted molar refractivity (Wildman–Crippen MR) is 74.3 cm³/mol. The predicted octanol–water partition coefficient (Wildman–Crippen LogP) is 4.43. The highest BCUT2D eigenvalue weighted by molar-refractivity contribution is 9.10. The van der Waals surface area contributed by atoms with Crippen molar-refractivity contribution in [1.82, 2.24) is 9.55 Å². The second kappa shape index (κ2) is 4.97. The molecule has 2 aromatic rings. The summed E-state index contributed by atoms with van der Waals surface area (Å²) in [6, 6.07) is 6.16. The summed E-state index contributed by atoms with van der Waals surface area (Å²) in [6.45, 7) is 2.95. The summed E-state index contributed by atoms with van der Waals surface area (Å²) in [4.78, 5) is 3.21. The lowest BCUT2D eigenvalue weighted by Crippen LogP contribution is -1.96. The molecule has 0 bridgehead atoms. The van der Waals surface area contributed by atoms with Crippen molar-refractivity contribution in [3.63, 3.8) is 0 Å². The Morgan fingerprint density at radius 1 is 1.50 bits per heavy atom. The maximum Gasteiger partial charge on any atom is 0.178 e. The average molecular weight is 297 g/mol. The smallest absolute Gasteiger partial charge is 0.178 e. The topological polar surface area (TPSA) is 20.7 Å². The fraction of sp³-hybridized carbons (Fsp3) is 0.250. The van der Waals surface area contributed by atoms with Crippen LogP contribution in [0.15, 0.2) is 34.8 Å². The number of benzene rings is 1. The third kappa shape index (κ3) is 2.28. The number of allylic oxidation sites excluding steroid dienone is 2. The van der Waals surface area contributed by atoms with Gasteiger partial charge in [0.15, 0.2) is 4.77 Å². The van der Waals surface area contributed by atoms with Gasteiger partial charge in [-0.25, -0.2) is 0 Å². The van der Waals surface area contributed by atoms with Gasteiger partial charge in [0.2, 0.25) is 0 Å². The summed E-state index contributed by atoms with van der Waals surface area (Å²) in [5.74, 6) is 0. The van der Waals surface area contributed by atoms with E-state index in [-0.39, 0.29) is 0 Å². The number of rotatable bonds is 3. The summed E-state index contributed by atoms with van der Waals surface area (Å²) in [7, 11) is 0. The molecule has 0 unspecified atom stereocenters. The molecule has 0 amide bonds. The number of aromatic amines is 1. The van der Waals surface area contributed by atoms with Gasteiger partial charge in [-0.2, -0.15) is 0 Å². The number of H-pyrrole nitrogens is 1. The second-order valence-electron chi connectivity index (χ2n) is 3.60. The molecule has 2 rings (SSSR count). The van der Waals surface area contributed by atoms with Crippen LogP contribution in [0, 0.1) is 4.77 Å². The molecule has 1 heterocycles. The van der Waals surface area contributed by atoms with Crippen molar-refractivity contribution in [2.24, 2.45) is 0 Å². The monoisotopic (exact) mass is 296 g/mol. The van der Waals surface area contributed by atoms with E-state index in [9.17, 15) is 0 Å². The van der Waals surface area contributed by atoms with Crippen LogP contribution >= 0.6 is 28.1 Å². The maximum absolute atomic E-state index is 5.31. The molecule has 0 saturated heterocycles. The summed E-state index contributed by atoms with van der Waals surface area (Å²) < 4.78 is 4.00. The Morgan fingerprint density at radius 2 is 2.31 bits per heavy atom. The molecular formula is C12H13BrN2S. The molecule has 1 aromatic heterocycles. The van der Waals surface area contributed by atoms with Gasteiger partial charge in [-0.3, -0.25) is 0 Å². The summed E-state index contributed by atoms with van der Waals surface area (Å²) in [5.41, 5.74) is 2.25. The quantitative estimate of drug-likeness (QED) is 0.656. The van der Waals surface area contributed by atoms with Crippen LogP contribution in [0.2, 0.25) is 0 Å². The van der Waals surface area contributed by atoms with E-state index < -0.39 is 0 Å². The van der Waals surface area contributed by atoms with Gasteiger partial charge in [-0.1, -0.05) is 28.1 Å². The Morgan fingerprint density at radius 3 is 3.06 bits per heavy atom. The first kappa shape index (κ1) is 11.6. The fourth-order valence-electron chi connectivity index (χ4n) is 1.72. The van der Waals surface area contributed by atoms with Crippen LogP contribution in [0.4, 0.5) is 0 Å². The van der Waals surface area contributed by atoms with Gasteiger partial charge in [0, 0.05) is 11.0 Å². The normalized spacial score (nSPS) is 11.6. The number of hydrogen-bond acceptors (Lipinski definition) is 1. The lowest BCUT2D eigenvalue weighted by Gasteiger charge is -2.01. The molecule has 0 atom stereocenters. The molecule has 0 aliphatic carbocycles. The van der Waals surface area contributed by atoms with Crippen molar-refractivity contribution in [2.45, 2.75) is 19.9 Å². The lowest BCUT2D eigenvalue weighted by molar-refractivity contribution is 0.720. The van der Waals surface area contributed by atoms with Gasteiger partial charge in [0.25, 0.3) is 0 Å².